The van der Waals surface area contributed by atoms with Crippen LogP contribution in [0.15, 0.2) is 29.6 Å². The lowest BCUT2D eigenvalue weighted by Gasteiger charge is -2.30. The molecule has 4 nitrogen and oxygen atoms in total. The molecule has 3 aliphatic rings. The highest BCUT2D eigenvalue weighted by Gasteiger charge is 2.39. The van der Waals surface area contributed by atoms with Crippen LogP contribution in [0.4, 0.5) is 4.39 Å². The van der Waals surface area contributed by atoms with Crippen molar-refractivity contribution in [2.45, 2.75) is 50.6 Å². The number of nitrogens with one attached hydrogen (secondary N) is 1. The van der Waals surface area contributed by atoms with Crippen LogP contribution in [0.2, 0.25) is 0 Å². The molecule has 5 heteroatoms. The summed E-state index contributed by atoms with van der Waals surface area (Å²) in [6.45, 7) is 0.715. The van der Waals surface area contributed by atoms with Crippen molar-refractivity contribution in [1.29, 1.82) is 0 Å². The van der Waals surface area contributed by atoms with Crippen LogP contribution < -0.4 is 5.32 Å². The molecule has 1 aromatic rings. The van der Waals surface area contributed by atoms with E-state index in [-0.39, 0.29) is 17.9 Å². The maximum Gasteiger partial charge on any atom is 0.123 e. The number of halogens is 1. The monoisotopic (exact) mass is 315 g/mol. The summed E-state index contributed by atoms with van der Waals surface area (Å²) in [5, 5.41) is 6.71. The van der Waals surface area contributed by atoms with E-state index in [2.05, 4.69) is 15.4 Å². The molecule has 0 saturated heterocycles. The molecule has 0 spiro atoms. The second kappa shape index (κ2) is 5.95. The van der Waals surface area contributed by atoms with Gasteiger partial charge in [-0.15, -0.1) is 0 Å². The van der Waals surface area contributed by atoms with Crippen molar-refractivity contribution in [2.24, 2.45) is 11.1 Å². The Morgan fingerprint density at radius 1 is 1.30 bits per heavy atom. The molecule has 2 unspecified atom stereocenters. The van der Waals surface area contributed by atoms with E-state index in [9.17, 15) is 9.30 Å². The molecule has 2 aliphatic heterocycles. The van der Waals surface area contributed by atoms with Crippen molar-refractivity contribution in [3.05, 3.63) is 46.3 Å². The lowest BCUT2D eigenvalue weighted by atomic mass is 9.81. The molecule has 23 heavy (non-hydrogen) atoms. The van der Waals surface area contributed by atoms with E-state index >= 15 is 0 Å². The van der Waals surface area contributed by atoms with E-state index in [1.165, 1.54) is 25.3 Å². The molecular weight excluding hydrogens is 293 g/mol. The van der Waals surface area contributed by atoms with E-state index in [0.29, 0.717) is 12.6 Å². The summed E-state index contributed by atoms with van der Waals surface area (Å²) in [6.07, 6.45) is 8.59. The Bertz CT molecular complexity index is 639. The zero-order chi connectivity index (χ0) is 15.8. The number of rotatable bonds is 4. The van der Waals surface area contributed by atoms with E-state index < -0.39 is 0 Å². The largest absolute Gasteiger partial charge is 0.372 e. The fourth-order valence-corrected chi connectivity index (χ4v) is 4.45. The van der Waals surface area contributed by atoms with Crippen molar-refractivity contribution in [2.75, 3.05) is 6.67 Å². The molecule has 122 valence electrons. The highest BCUT2D eigenvalue weighted by molar-refractivity contribution is 5.73. The van der Waals surface area contributed by atoms with E-state index in [4.69, 9.17) is 0 Å². The van der Waals surface area contributed by atoms with Crippen LogP contribution >= 0.6 is 0 Å². The van der Waals surface area contributed by atoms with Crippen molar-refractivity contribution in [1.82, 2.24) is 10.2 Å². The quantitative estimate of drug-likeness (QED) is 0.849. The number of hydrogen-bond acceptors (Lipinski definition) is 4. The fraction of sp³-hybridized carbons (Fsp3) is 0.556. The van der Waals surface area contributed by atoms with E-state index in [0.717, 1.165) is 36.1 Å². The van der Waals surface area contributed by atoms with Gasteiger partial charge in [0.25, 0.3) is 0 Å². The van der Waals surface area contributed by atoms with Crippen LogP contribution in [0.3, 0.4) is 0 Å². The number of nitroso groups, excluding NO2 is 1. The van der Waals surface area contributed by atoms with Crippen molar-refractivity contribution < 1.29 is 4.39 Å². The topological polar surface area (TPSA) is 44.7 Å². The van der Waals surface area contributed by atoms with Crippen molar-refractivity contribution >= 4 is 5.70 Å². The van der Waals surface area contributed by atoms with Gasteiger partial charge in [-0.25, -0.2) is 4.39 Å². The predicted octanol–water partition coefficient (Wildman–Crippen LogP) is 4.15. The molecule has 0 amide bonds. The molecule has 0 bridgehead atoms. The number of nitrogens with zero attached hydrogens (tertiary/aromatic N) is 2. The van der Waals surface area contributed by atoms with Crippen LogP contribution in [0, 0.1) is 16.6 Å². The summed E-state index contributed by atoms with van der Waals surface area (Å²) in [7, 11) is 0. The predicted molar refractivity (Wildman–Crippen MR) is 87.7 cm³/mol. The second-order valence-corrected chi connectivity index (χ2v) is 6.92. The average Bonchev–Trinajstić information content (AvgIpc) is 3.15. The highest BCUT2D eigenvalue weighted by atomic mass is 19.1. The minimum atomic E-state index is -0.213. The van der Waals surface area contributed by atoms with Crippen LogP contribution in [-0.2, 0) is 0 Å². The van der Waals surface area contributed by atoms with Gasteiger partial charge in [-0.2, -0.15) is 4.91 Å². The molecule has 2 heterocycles. The van der Waals surface area contributed by atoms with Gasteiger partial charge >= 0.3 is 0 Å². The number of benzene rings is 1. The Hall–Kier alpha value is -1.91. The molecule has 1 aromatic carbocycles. The minimum absolute atomic E-state index is 0.122. The second-order valence-electron chi connectivity index (χ2n) is 6.92. The third-order valence-corrected chi connectivity index (χ3v) is 5.63. The molecule has 4 rings (SSSR count). The Morgan fingerprint density at radius 3 is 2.91 bits per heavy atom. The number of hydrogen-bond donors (Lipinski definition) is 1. The Balaban J connectivity index is 1.61. The summed E-state index contributed by atoms with van der Waals surface area (Å²) in [5.74, 6) is 0.197. The van der Waals surface area contributed by atoms with Crippen molar-refractivity contribution in [3.63, 3.8) is 0 Å². The van der Waals surface area contributed by atoms with E-state index in [1.807, 2.05) is 12.3 Å². The third-order valence-electron chi connectivity index (χ3n) is 5.63. The normalized spacial score (nSPS) is 24.7. The fourth-order valence-electron chi connectivity index (χ4n) is 4.45. The summed E-state index contributed by atoms with van der Waals surface area (Å²) >= 11 is 0. The van der Waals surface area contributed by atoms with Gasteiger partial charge in [0.2, 0.25) is 0 Å². The Kier molecular flexibility index (Phi) is 3.79. The molecule has 0 aromatic heterocycles. The van der Waals surface area contributed by atoms with Crippen LogP contribution in [0.5, 0.6) is 0 Å². The summed E-state index contributed by atoms with van der Waals surface area (Å²) in [5.41, 5.74) is 3.12. The van der Waals surface area contributed by atoms with Crippen LogP contribution in [-0.4, -0.2) is 17.6 Å². The van der Waals surface area contributed by atoms with Gasteiger partial charge in [-0.1, -0.05) is 30.5 Å². The highest BCUT2D eigenvalue weighted by Crippen LogP contribution is 2.46. The standard InChI is InChI=1S/C18H22FN3O/c19-13-6-7-14-15(8-13)18-10-20-11-22(18)17(14)9-16(21-23)12-4-2-1-3-5-12/h6-8,10,12,16-17,20H,1-5,9,11H2. The number of fused-ring (bicyclic) bond motifs is 3. The van der Waals surface area contributed by atoms with Gasteiger partial charge in [0.05, 0.1) is 24.4 Å². The van der Waals surface area contributed by atoms with Gasteiger partial charge in [-0.05, 0) is 42.9 Å². The van der Waals surface area contributed by atoms with Gasteiger partial charge in [0.1, 0.15) is 5.82 Å². The third kappa shape index (κ3) is 2.52. The maximum atomic E-state index is 13.6. The molecule has 1 aliphatic carbocycles. The lowest BCUT2D eigenvalue weighted by Crippen LogP contribution is -2.30. The minimum Gasteiger partial charge on any atom is -0.372 e. The Labute approximate surface area is 135 Å². The summed E-state index contributed by atoms with van der Waals surface area (Å²) in [4.78, 5) is 13.7. The first-order valence-electron chi connectivity index (χ1n) is 8.60. The molecule has 1 saturated carbocycles. The zero-order valence-corrected chi connectivity index (χ0v) is 13.2. The van der Waals surface area contributed by atoms with Gasteiger partial charge in [0, 0.05) is 11.8 Å². The van der Waals surface area contributed by atoms with Gasteiger partial charge in [-0.3, -0.25) is 0 Å². The summed E-state index contributed by atoms with van der Waals surface area (Å²) in [6, 6.07) is 4.98. The molecule has 1 N–H and O–H groups in total. The summed E-state index contributed by atoms with van der Waals surface area (Å²) < 4.78 is 13.6. The zero-order valence-electron chi connectivity index (χ0n) is 13.2. The smallest absolute Gasteiger partial charge is 0.123 e. The van der Waals surface area contributed by atoms with E-state index in [1.54, 1.807) is 6.07 Å². The average molecular weight is 315 g/mol. The SMILES string of the molecule is O=NC(CC1c2ccc(F)cc2C2=CNCN21)C1CCCCC1. The molecule has 2 atom stereocenters. The van der Waals surface area contributed by atoms with Crippen molar-refractivity contribution in [3.8, 4) is 0 Å². The molecule has 1 fully saturated rings. The van der Waals surface area contributed by atoms with Crippen LogP contribution in [0.25, 0.3) is 5.70 Å². The van der Waals surface area contributed by atoms with Gasteiger partial charge < -0.3 is 10.2 Å². The molecular formula is C18H22FN3O. The maximum absolute atomic E-state index is 13.6. The van der Waals surface area contributed by atoms with Gasteiger partial charge in [0.15, 0.2) is 0 Å². The molecule has 0 radical (unpaired) electrons. The first kappa shape index (κ1) is 14.7. The first-order valence-corrected chi connectivity index (χ1v) is 8.60. The first-order chi connectivity index (χ1) is 11.3. The Morgan fingerprint density at radius 2 is 2.13 bits per heavy atom. The van der Waals surface area contributed by atoms with Crippen LogP contribution in [0.1, 0.15) is 55.7 Å². The lowest BCUT2D eigenvalue weighted by molar-refractivity contribution is 0.234.